The van der Waals surface area contributed by atoms with Gasteiger partial charge in [0.05, 0.1) is 12.2 Å². The topological polar surface area (TPSA) is 58.5 Å². The van der Waals surface area contributed by atoms with Gasteiger partial charge in [0.15, 0.2) is 5.96 Å². The van der Waals surface area contributed by atoms with E-state index in [2.05, 4.69) is 20.6 Å². The lowest BCUT2D eigenvalue weighted by Gasteiger charge is -2.11. The Morgan fingerprint density at radius 2 is 2.25 bits per heavy atom. The van der Waals surface area contributed by atoms with Gasteiger partial charge in [-0.1, -0.05) is 0 Å². The van der Waals surface area contributed by atoms with E-state index in [4.69, 9.17) is 4.74 Å². The molecule has 0 aliphatic carbocycles. The van der Waals surface area contributed by atoms with Crippen molar-refractivity contribution in [2.75, 3.05) is 26.8 Å². The molecule has 0 aromatic carbocycles. The molecule has 0 amide bonds. The Morgan fingerprint density at radius 1 is 1.45 bits per heavy atom. The maximum Gasteiger partial charge on any atom is 0.191 e. The highest BCUT2D eigenvalue weighted by Gasteiger charge is 2.03. The van der Waals surface area contributed by atoms with Crippen LogP contribution in [0.2, 0.25) is 0 Å². The van der Waals surface area contributed by atoms with E-state index >= 15 is 0 Å². The first-order valence-electron chi connectivity index (χ1n) is 6.39. The minimum absolute atomic E-state index is 0. The van der Waals surface area contributed by atoms with Gasteiger partial charge in [-0.15, -0.1) is 24.0 Å². The molecule has 5 nitrogen and oxygen atoms in total. The Morgan fingerprint density at radius 3 is 2.90 bits per heavy atom. The number of aromatic nitrogens is 1. The van der Waals surface area contributed by atoms with Crippen molar-refractivity contribution in [2.45, 2.75) is 19.9 Å². The highest BCUT2D eigenvalue weighted by molar-refractivity contribution is 14.0. The van der Waals surface area contributed by atoms with Gasteiger partial charge in [-0.2, -0.15) is 0 Å². The number of nitrogens with one attached hydrogen (secondary N) is 2. The molecule has 0 aliphatic heterocycles. The number of ether oxygens (including phenoxy) is 1. The summed E-state index contributed by atoms with van der Waals surface area (Å²) in [7, 11) is 1.67. The Labute approximate surface area is 136 Å². The van der Waals surface area contributed by atoms with Crippen molar-refractivity contribution in [1.82, 2.24) is 15.6 Å². The van der Waals surface area contributed by atoms with Crippen molar-refractivity contribution in [2.24, 2.45) is 4.99 Å². The van der Waals surface area contributed by atoms with Crippen molar-refractivity contribution in [3.63, 3.8) is 0 Å². The molecule has 0 aliphatic rings. The van der Waals surface area contributed by atoms with Crippen LogP contribution in [-0.2, 0) is 11.3 Å². The van der Waals surface area contributed by atoms with E-state index in [-0.39, 0.29) is 29.8 Å². The SMILES string of the molecule is CCOCCCNC(=NC)NCc1ncccc1F.I. The van der Waals surface area contributed by atoms with Crippen LogP contribution in [-0.4, -0.2) is 37.7 Å². The van der Waals surface area contributed by atoms with E-state index in [1.807, 2.05) is 6.92 Å². The second-order valence-corrected chi connectivity index (χ2v) is 3.83. The van der Waals surface area contributed by atoms with Gasteiger partial charge in [-0.05, 0) is 25.5 Å². The first-order chi connectivity index (χ1) is 9.27. The van der Waals surface area contributed by atoms with E-state index in [1.165, 1.54) is 6.07 Å². The Balaban J connectivity index is 0.00000361. The zero-order chi connectivity index (χ0) is 13.9. The van der Waals surface area contributed by atoms with Crippen molar-refractivity contribution in [3.8, 4) is 0 Å². The van der Waals surface area contributed by atoms with Gasteiger partial charge in [0, 0.05) is 33.0 Å². The summed E-state index contributed by atoms with van der Waals surface area (Å²) in [4.78, 5) is 8.02. The van der Waals surface area contributed by atoms with E-state index in [0.29, 0.717) is 18.2 Å². The van der Waals surface area contributed by atoms with Crippen LogP contribution in [0.3, 0.4) is 0 Å². The third kappa shape index (κ3) is 7.59. The zero-order valence-corrected chi connectivity index (χ0v) is 14.2. The summed E-state index contributed by atoms with van der Waals surface area (Å²) < 4.78 is 18.6. The summed E-state index contributed by atoms with van der Waals surface area (Å²) in [5.41, 5.74) is 0.375. The summed E-state index contributed by atoms with van der Waals surface area (Å²) in [6, 6.07) is 2.96. The predicted molar refractivity (Wildman–Crippen MR) is 88.9 cm³/mol. The molecule has 0 saturated heterocycles. The van der Waals surface area contributed by atoms with Gasteiger partial charge < -0.3 is 15.4 Å². The molecule has 0 spiro atoms. The Bertz CT molecular complexity index is 404. The van der Waals surface area contributed by atoms with Gasteiger partial charge in [0.1, 0.15) is 5.82 Å². The molecule has 114 valence electrons. The normalized spacial score (nSPS) is 10.8. The quantitative estimate of drug-likeness (QED) is 0.320. The lowest BCUT2D eigenvalue weighted by atomic mass is 10.3. The van der Waals surface area contributed by atoms with Gasteiger partial charge >= 0.3 is 0 Å². The molecule has 1 heterocycles. The molecule has 7 heteroatoms. The summed E-state index contributed by atoms with van der Waals surface area (Å²) in [5.74, 6) is 0.309. The maximum absolute atomic E-state index is 13.4. The molecule has 0 saturated carbocycles. The van der Waals surface area contributed by atoms with Crippen LogP contribution in [0.5, 0.6) is 0 Å². The van der Waals surface area contributed by atoms with Crippen LogP contribution in [0.25, 0.3) is 0 Å². The Hall–Kier alpha value is -0.960. The molecule has 2 N–H and O–H groups in total. The summed E-state index contributed by atoms with van der Waals surface area (Å²) >= 11 is 0. The van der Waals surface area contributed by atoms with Crippen LogP contribution >= 0.6 is 24.0 Å². The molecule has 0 radical (unpaired) electrons. The second kappa shape index (κ2) is 11.8. The molecule has 1 rings (SSSR count). The van der Waals surface area contributed by atoms with Crippen molar-refractivity contribution in [1.29, 1.82) is 0 Å². The van der Waals surface area contributed by atoms with Crippen molar-refractivity contribution >= 4 is 29.9 Å². The fraction of sp³-hybridized carbons (Fsp3) is 0.538. The van der Waals surface area contributed by atoms with Gasteiger partial charge in [0.25, 0.3) is 0 Å². The third-order valence-corrected chi connectivity index (χ3v) is 2.44. The first-order valence-corrected chi connectivity index (χ1v) is 6.39. The molecular weight excluding hydrogens is 374 g/mol. The number of aliphatic imine (C=N–C) groups is 1. The van der Waals surface area contributed by atoms with E-state index in [1.54, 1.807) is 19.3 Å². The number of guanidine groups is 1. The third-order valence-electron chi connectivity index (χ3n) is 2.44. The first kappa shape index (κ1) is 19.0. The minimum atomic E-state index is -0.318. The molecule has 20 heavy (non-hydrogen) atoms. The largest absolute Gasteiger partial charge is 0.382 e. The summed E-state index contributed by atoms with van der Waals surface area (Å²) in [5, 5.41) is 6.14. The summed E-state index contributed by atoms with van der Waals surface area (Å²) in [6.45, 7) is 4.47. The van der Waals surface area contributed by atoms with Crippen molar-refractivity contribution in [3.05, 3.63) is 29.8 Å². The van der Waals surface area contributed by atoms with E-state index < -0.39 is 0 Å². The molecule has 0 bridgehead atoms. The molecule has 1 aromatic rings. The average molecular weight is 396 g/mol. The lowest BCUT2D eigenvalue weighted by Crippen LogP contribution is -2.37. The lowest BCUT2D eigenvalue weighted by molar-refractivity contribution is 0.145. The van der Waals surface area contributed by atoms with E-state index in [9.17, 15) is 4.39 Å². The molecule has 0 atom stereocenters. The van der Waals surface area contributed by atoms with Crippen LogP contribution in [0, 0.1) is 5.82 Å². The number of pyridine rings is 1. The summed E-state index contributed by atoms with van der Waals surface area (Å²) in [6.07, 6.45) is 2.46. The number of halogens is 2. The minimum Gasteiger partial charge on any atom is -0.382 e. The highest BCUT2D eigenvalue weighted by atomic mass is 127. The van der Waals surface area contributed by atoms with Crippen LogP contribution in [0.1, 0.15) is 19.0 Å². The standard InChI is InChI=1S/C13H21FN4O.HI/c1-3-19-9-5-8-17-13(15-2)18-10-12-11(14)6-4-7-16-12;/h4,6-7H,3,5,8-10H2,1-2H3,(H2,15,17,18);1H. The maximum atomic E-state index is 13.4. The van der Waals surface area contributed by atoms with Crippen LogP contribution < -0.4 is 10.6 Å². The monoisotopic (exact) mass is 396 g/mol. The van der Waals surface area contributed by atoms with Crippen LogP contribution in [0.15, 0.2) is 23.3 Å². The number of hydrogen-bond acceptors (Lipinski definition) is 3. The molecular formula is C13H22FIN4O. The smallest absolute Gasteiger partial charge is 0.191 e. The number of nitrogens with zero attached hydrogens (tertiary/aromatic N) is 2. The van der Waals surface area contributed by atoms with Gasteiger partial charge in [0.2, 0.25) is 0 Å². The zero-order valence-electron chi connectivity index (χ0n) is 11.9. The Kier molecular flexibility index (Phi) is 11.3. The van der Waals surface area contributed by atoms with Crippen LogP contribution in [0.4, 0.5) is 4.39 Å². The van der Waals surface area contributed by atoms with Gasteiger partial charge in [-0.25, -0.2) is 4.39 Å². The van der Waals surface area contributed by atoms with Crippen molar-refractivity contribution < 1.29 is 9.13 Å². The molecule has 0 fully saturated rings. The van der Waals surface area contributed by atoms with E-state index in [0.717, 1.165) is 26.2 Å². The molecule has 1 aromatic heterocycles. The fourth-order valence-corrected chi connectivity index (χ4v) is 1.46. The number of hydrogen-bond donors (Lipinski definition) is 2. The average Bonchev–Trinajstić information content (AvgIpc) is 2.43. The predicted octanol–water partition coefficient (Wildman–Crippen LogP) is 1.93. The fourth-order valence-electron chi connectivity index (χ4n) is 1.46. The van der Waals surface area contributed by atoms with Gasteiger partial charge in [-0.3, -0.25) is 9.98 Å². The second-order valence-electron chi connectivity index (χ2n) is 3.83. The number of rotatable bonds is 7. The highest BCUT2D eigenvalue weighted by Crippen LogP contribution is 2.01. The molecule has 0 unspecified atom stereocenters.